The molecule has 2 aliphatic heterocycles. The average Bonchev–Trinajstić information content (AvgIpc) is 3.27. The maximum absolute atomic E-state index is 10.5. The highest BCUT2D eigenvalue weighted by molar-refractivity contribution is 7.45. The first-order valence-electron chi connectivity index (χ1n) is 9.49. The quantitative estimate of drug-likeness (QED) is 0.495. The van der Waals surface area contributed by atoms with E-state index in [2.05, 4.69) is 27.0 Å². The Morgan fingerprint density at radius 3 is 3.03 bits per heavy atom. The third kappa shape index (κ3) is 3.93. The number of aromatic nitrogens is 4. The van der Waals surface area contributed by atoms with Gasteiger partial charge in [-0.25, -0.2) is 20.0 Å². The lowest BCUT2D eigenvalue weighted by Crippen LogP contribution is -2.41. The summed E-state index contributed by atoms with van der Waals surface area (Å²) in [6, 6.07) is -0.0615. The molecule has 4 heterocycles. The summed E-state index contributed by atoms with van der Waals surface area (Å²) >= 11 is 0. The zero-order chi connectivity index (χ0) is 20.5. The van der Waals surface area contributed by atoms with E-state index in [4.69, 9.17) is 24.3 Å². The van der Waals surface area contributed by atoms with E-state index >= 15 is 0 Å². The van der Waals surface area contributed by atoms with Gasteiger partial charge in [0.2, 0.25) is 0 Å². The first-order chi connectivity index (χ1) is 14.0. The normalized spacial score (nSPS) is 30.4. The summed E-state index contributed by atoms with van der Waals surface area (Å²) in [6.45, 7) is 7.28. The van der Waals surface area contributed by atoms with Gasteiger partial charge in [-0.05, 0) is 5.92 Å². The van der Waals surface area contributed by atoms with Crippen LogP contribution in [0.5, 0.6) is 0 Å². The molecule has 2 fully saturated rings. The van der Waals surface area contributed by atoms with Gasteiger partial charge in [-0.3, -0.25) is 9.36 Å². The third-order valence-electron chi connectivity index (χ3n) is 5.30. The Labute approximate surface area is 169 Å². The fraction of sp³-hybridized carbons (Fsp3) is 0.647. The maximum atomic E-state index is 10.5. The van der Waals surface area contributed by atoms with Crippen LogP contribution < -0.4 is 10.8 Å². The minimum absolute atomic E-state index is 0.0352. The monoisotopic (exact) mass is 424 g/mol. The molecule has 2 aromatic rings. The Balaban J connectivity index is 1.47. The van der Waals surface area contributed by atoms with Crippen molar-refractivity contribution in [3.05, 3.63) is 12.7 Å². The molecule has 0 bridgehead atoms. The Hall–Kier alpha value is -1.91. The molecular weight excluding hydrogens is 399 g/mol. The van der Waals surface area contributed by atoms with Crippen molar-refractivity contribution in [1.29, 1.82) is 0 Å². The number of nitrogen functional groups attached to an aromatic ring is 1. The summed E-state index contributed by atoms with van der Waals surface area (Å²) in [6.07, 6.45) is 2.43. The van der Waals surface area contributed by atoms with E-state index in [1.807, 2.05) is 18.4 Å². The van der Waals surface area contributed by atoms with Crippen molar-refractivity contribution < 1.29 is 23.3 Å². The number of imidazole rings is 1. The maximum Gasteiger partial charge on any atom is 0.293 e. The van der Waals surface area contributed by atoms with Crippen molar-refractivity contribution in [2.45, 2.75) is 45.2 Å². The van der Waals surface area contributed by atoms with Crippen LogP contribution in [0.4, 0.5) is 5.82 Å². The minimum Gasteiger partial charge on any atom is -0.466 e. The van der Waals surface area contributed by atoms with Crippen molar-refractivity contribution in [2.75, 3.05) is 18.9 Å². The van der Waals surface area contributed by atoms with Gasteiger partial charge in [0.05, 0.1) is 19.0 Å². The Kier molecular flexibility index (Phi) is 5.93. The van der Waals surface area contributed by atoms with Gasteiger partial charge in [-0.2, -0.15) is 0 Å². The molecule has 158 valence electrons. The predicted octanol–water partition coefficient (Wildman–Crippen LogP) is 1.37. The van der Waals surface area contributed by atoms with E-state index in [-0.39, 0.29) is 42.9 Å². The number of hydrogen-bond acceptors (Lipinski definition) is 10. The van der Waals surface area contributed by atoms with Crippen LogP contribution in [0.15, 0.2) is 12.7 Å². The van der Waals surface area contributed by atoms with Gasteiger partial charge < -0.3 is 24.3 Å². The SMILES string of the molecule is CC(C)C(COC=O)NP1OCC2OC(n3cnc4c(N)ncnc43)C(C)[C@@H]2O1. The van der Waals surface area contributed by atoms with Gasteiger partial charge in [0, 0.05) is 5.92 Å². The lowest BCUT2D eigenvalue weighted by molar-refractivity contribution is -0.129. The molecule has 0 saturated carbocycles. The summed E-state index contributed by atoms with van der Waals surface area (Å²) in [4.78, 5) is 23.1. The van der Waals surface area contributed by atoms with E-state index in [1.54, 1.807) is 6.33 Å². The summed E-state index contributed by atoms with van der Waals surface area (Å²) in [5.41, 5.74) is 7.07. The van der Waals surface area contributed by atoms with Crippen molar-refractivity contribution in [2.24, 2.45) is 11.8 Å². The number of nitrogens with two attached hydrogens (primary N) is 1. The molecule has 11 nitrogen and oxygen atoms in total. The third-order valence-corrected chi connectivity index (χ3v) is 6.66. The fourth-order valence-corrected chi connectivity index (χ4v) is 5.23. The summed E-state index contributed by atoms with van der Waals surface area (Å²) in [7, 11) is -1.33. The standard InChI is InChI=1S/C17H25N6O5P/c1-9(2)11(4-25-8-24)22-29-26-5-12-14(28-29)10(3)17(27-12)23-7-21-13-15(18)19-6-20-16(13)23/h6-12,14,17,22H,4-5H2,1-3H3,(H2,18,19,20)/t10?,11?,12?,14-,17?,29?/m0/s1. The van der Waals surface area contributed by atoms with Crippen LogP contribution in [0.25, 0.3) is 11.2 Å². The lowest BCUT2D eigenvalue weighted by atomic mass is 10.0. The summed E-state index contributed by atoms with van der Waals surface area (Å²) < 4.78 is 25.1. The summed E-state index contributed by atoms with van der Waals surface area (Å²) in [5, 5.41) is 3.33. The second kappa shape index (κ2) is 8.45. The van der Waals surface area contributed by atoms with Gasteiger partial charge >= 0.3 is 0 Å². The smallest absolute Gasteiger partial charge is 0.293 e. The molecule has 0 amide bonds. The number of carbonyl (C=O) groups excluding carboxylic acids is 1. The van der Waals surface area contributed by atoms with E-state index < -0.39 is 8.53 Å². The number of hydrogen-bond donors (Lipinski definition) is 2. The number of anilines is 1. The van der Waals surface area contributed by atoms with Crippen LogP contribution in [0.2, 0.25) is 0 Å². The number of fused-ring (bicyclic) bond motifs is 2. The van der Waals surface area contributed by atoms with Crippen molar-refractivity contribution >= 4 is 32.0 Å². The van der Waals surface area contributed by atoms with E-state index in [9.17, 15) is 4.79 Å². The van der Waals surface area contributed by atoms with Crippen LogP contribution in [0.1, 0.15) is 27.0 Å². The average molecular weight is 424 g/mol. The molecule has 12 heteroatoms. The van der Waals surface area contributed by atoms with Gasteiger partial charge in [-0.1, -0.05) is 20.8 Å². The Morgan fingerprint density at radius 1 is 1.45 bits per heavy atom. The number of nitrogens with zero attached hydrogens (tertiary/aromatic N) is 4. The number of carbonyl (C=O) groups is 1. The van der Waals surface area contributed by atoms with E-state index in [0.29, 0.717) is 30.1 Å². The molecule has 2 saturated heterocycles. The molecule has 3 N–H and O–H groups in total. The highest BCUT2D eigenvalue weighted by atomic mass is 31.2. The second-order valence-electron chi connectivity index (χ2n) is 7.54. The number of rotatable bonds is 7. The molecule has 0 radical (unpaired) electrons. The van der Waals surface area contributed by atoms with Gasteiger partial charge in [-0.15, -0.1) is 0 Å². The molecule has 2 aliphatic rings. The number of nitrogens with one attached hydrogen (secondary N) is 1. The molecule has 29 heavy (non-hydrogen) atoms. The van der Waals surface area contributed by atoms with Crippen molar-refractivity contribution in [3.63, 3.8) is 0 Å². The van der Waals surface area contributed by atoms with Crippen molar-refractivity contribution in [1.82, 2.24) is 24.6 Å². The van der Waals surface area contributed by atoms with Crippen LogP contribution >= 0.6 is 8.53 Å². The Morgan fingerprint density at radius 2 is 2.28 bits per heavy atom. The zero-order valence-electron chi connectivity index (χ0n) is 16.5. The molecule has 2 aromatic heterocycles. The lowest BCUT2D eigenvalue weighted by Gasteiger charge is -2.34. The van der Waals surface area contributed by atoms with Gasteiger partial charge in [0.25, 0.3) is 15.0 Å². The molecular formula is C17H25N6O5P. The van der Waals surface area contributed by atoms with E-state index in [1.165, 1.54) is 6.33 Å². The molecule has 4 rings (SSSR count). The first kappa shape index (κ1) is 20.4. The zero-order valence-corrected chi connectivity index (χ0v) is 17.4. The topological polar surface area (TPSA) is 136 Å². The first-order valence-corrected chi connectivity index (χ1v) is 10.7. The van der Waals surface area contributed by atoms with Crippen molar-refractivity contribution in [3.8, 4) is 0 Å². The van der Waals surface area contributed by atoms with Crippen LogP contribution in [-0.4, -0.2) is 57.5 Å². The minimum atomic E-state index is -1.33. The molecule has 0 aromatic carbocycles. The Bertz CT molecular complexity index is 866. The highest BCUT2D eigenvalue weighted by Gasteiger charge is 2.48. The van der Waals surface area contributed by atoms with Gasteiger partial charge in [0.15, 0.2) is 11.5 Å². The van der Waals surface area contributed by atoms with Gasteiger partial charge in [0.1, 0.15) is 36.9 Å². The summed E-state index contributed by atoms with van der Waals surface area (Å²) in [5.74, 6) is 0.615. The predicted molar refractivity (Wildman–Crippen MR) is 104 cm³/mol. The van der Waals surface area contributed by atoms with Crippen LogP contribution in [-0.2, 0) is 23.3 Å². The molecule has 0 aliphatic carbocycles. The largest absolute Gasteiger partial charge is 0.466 e. The fourth-order valence-electron chi connectivity index (χ4n) is 3.56. The number of ether oxygens (including phenoxy) is 2. The second-order valence-corrected chi connectivity index (χ2v) is 8.78. The molecule has 6 atom stereocenters. The molecule has 0 spiro atoms. The highest BCUT2D eigenvalue weighted by Crippen LogP contribution is 2.49. The molecule has 5 unspecified atom stereocenters. The van der Waals surface area contributed by atoms with E-state index in [0.717, 1.165) is 0 Å². The van der Waals surface area contributed by atoms with Crippen LogP contribution in [0.3, 0.4) is 0 Å². The van der Waals surface area contributed by atoms with Crippen LogP contribution in [0, 0.1) is 11.8 Å².